The van der Waals surface area contributed by atoms with Crippen molar-refractivity contribution in [3.05, 3.63) is 64.6 Å². The van der Waals surface area contributed by atoms with Crippen LogP contribution in [0.1, 0.15) is 24.2 Å². The summed E-state index contributed by atoms with van der Waals surface area (Å²) in [4.78, 5) is 26.0. The van der Waals surface area contributed by atoms with E-state index in [9.17, 15) is 9.59 Å². The molecule has 0 saturated heterocycles. The van der Waals surface area contributed by atoms with Crippen LogP contribution in [0.15, 0.2) is 53.5 Å². The normalized spacial score (nSPS) is 10.3. The van der Waals surface area contributed by atoms with Gasteiger partial charge in [-0.05, 0) is 32.0 Å². The molecule has 4 heteroatoms. The lowest BCUT2D eigenvalue weighted by Crippen LogP contribution is -2.31. The average molecular weight is 270 g/mol. The summed E-state index contributed by atoms with van der Waals surface area (Å²) in [6, 6.07) is 12.3. The number of rotatable bonds is 4. The Labute approximate surface area is 118 Å². The molecule has 1 aromatic carbocycles. The molecule has 1 amide bonds. The molecule has 104 valence electrons. The maximum atomic E-state index is 12.3. The molecule has 1 heterocycles. The third kappa shape index (κ3) is 2.79. The zero-order valence-corrected chi connectivity index (χ0v) is 11.7. The Kier molecular flexibility index (Phi) is 4.35. The average Bonchev–Trinajstić information content (AvgIpc) is 2.49. The second-order valence-electron chi connectivity index (χ2n) is 4.44. The van der Waals surface area contributed by atoms with Crippen molar-refractivity contribution in [2.75, 3.05) is 13.1 Å². The highest BCUT2D eigenvalue weighted by atomic mass is 16.2. The Bertz CT molecular complexity index is 643. The molecule has 0 bridgehead atoms. The van der Waals surface area contributed by atoms with Gasteiger partial charge in [0.2, 0.25) is 0 Å². The van der Waals surface area contributed by atoms with Gasteiger partial charge in [0.1, 0.15) is 0 Å². The van der Waals surface area contributed by atoms with Gasteiger partial charge in [0.25, 0.3) is 11.5 Å². The second kappa shape index (κ2) is 6.19. The van der Waals surface area contributed by atoms with Crippen molar-refractivity contribution in [2.45, 2.75) is 13.8 Å². The lowest BCUT2D eigenvalue weighted by Gasteiger charge is -2.19. The summed E-state index contributed by atoms with van der Waals surface area (Å²) < 4.78 is 1.50. The van der Waals surface area contributed by atoms with E-state index in [0.29, 0.717) is 18.7 Å². The minimum absolute atomic E-state index is 0.0559. The maximum absolute atomic E-state index is 12.3. The van der Waals surface area contributed by atoms with Gasteiger partial charge < -0.3 is 4.90 Å². The number of carbonyl (C=O) groups excluding carboxylic acids is 1. The van der Waals surface area contributed by atoms with Gasteiger partial charge in [-0.1, -0.05) is 18.2 Å². The van der Waals surface area contributed by atoms with Crippen LogP contribution in [0.3, 0.4) is 0 Å². The molecule has 0 atom stereocenters. The first-order chi connectivity index (χ1) is 9.67. The van der Waals surface area contributed by atoms with Gasteiger partial charge >= 0.3 is 0 Å². The Morgan fingerprint density at radius 3 is 2.30 bits per heavy atom. The zero-order valence-electron chi connectivity index (χ0n) is 11.7. The molecule has 2 rings (SSSR count). The number of carbonyl (C=O) groups is 1. The van der Waals surface area contributed by atoms with Gasteiger partial charge in [-0.2, -0.15) is 0 Å². The van der Waals surface area contributed by atoms with Crippen molar-refractivity contribution in [1.82, 2.24) is 9.47 Å². The molecule has 0 N–H and O–H groups in total. The fraction of sp³-hybridized carbons (Fsp3) is 0.250. The second-order valence-corrected chi connectivity index (χ2v) is 4.44. The third-order valence-electron chi connectivity index (χ3n) is 3.24. The maximum Gasteiger partial charge on any atom is 0.255 e. The molecular weight excluding hydrogens is 252 g/mol. The van der Waals surface area contributed by atoms with Crippen molar-refractivity contribution in [2.24, 2.45) is 0 Å². The van der Waals surface area contributed by atoms with Crippen LogP contribution in [0.5, 0.6) is 0 Å². The third-order valence-corrected chi connectivity index (χ3v) is 3.24. The Morgan fingerprint density at radius 1 is 1.05 bits per heavy atom. The molecule has 2 aromatic rings. The molecular formula is C16H18N2O2. The topological polar surface area (TPSA) is 42.3 Å². The number of pyridine rings is 1. The molecule has 0 radical (unpaired) electrons. The monoisotopic (exact) mass is 270 g/mol. The fourth-order valence-corrected chi connectivity index (χ4v) is 2.10. The molecule has 4 nitrogen and oxygen atoms in total. The molecule has 0 aliphatic heterocycles. The van der Waals surface area contributed by atoms with Gasteiger partial charge in [0.05, 0.1) is 5.56 Å². The van der Waals surface area contributed by atoms with Crippen LogP contribution >= 0.6 is 0 Å². The lowest BCUT2D eigenvalue weighted by molar-refractivity contribution is 0.0772. The summed E-state index contributed by atoms with van der Waals surface area (Å²) in [5.74, 6) is -0.0559. The summed E-state index contributed by atoms with van der Waals surface area (Å²) in [5, 5.41) is 0. The number of aromatic nitrogens is 1. The van der Waals surface area contributed by atoms with E-state index in [2.05, 4.69) is 0 Å². The van der Waals surface area contributed by atoms with E-state index in [1.165, 1.54) is 10.6 Å². The van der Waals surface area contributed by atoms with Crippen LogP contribution in [-0.2, 0) is 0 Å². The van der Waals surface area contributed by atoms with E-state index in [1.807, 2.05) is 44.2 Å². The first-order valence-electron chi connectivity index (χ1n) is 6.74. The minimum atomic E-state index is -0.146. The van der Waals surface area contributed by atoms with Gasteiger partial charge in [0, 0.05) is 31.0 Å². The Balaban J connectivity index is 2.44. The largest absolute Gasteiger partial charge is 0.339 e. The molecule has 0 fully saturated rings. The SMILES string of the molecule is CCN(CC)C(=O)c1ccc(=O)n(-c2ccccc2)c1. The minimum Gasteiger partial charge on any atom is -0.339 e. The van der Waals surface area contributed by atoms with Gasteiger partial charge in [-0.15, -0.1) is 0 Å². The van der Waals surface area contributed by atoms with Crippen molar-refractivity contribution >= 4 is 5.91 Å². The summed E-state index contributed by atoms with van der Waals surface area (Å²) in [5.41, 5.74) is 1.14. The summed E-state index contributed by atoms with van der Waals surface area (Å²) in [6.07, 6.45) is 1.61. The quantitative estimate of drug-likeness (QED) is 0.855. The molecule has 20 heavy (non-hydrogen) atoms. The number of hydrogen-bond acceptors (Lipinski definition) is 2. The van der Waals surface area contributed by atoms with E-state index >= 15 is 0 Å². The molecule has 0 aliphatic carbocycles. The van der Waals surface area contributed by atoms with Crippen molar-refractivity contribution < 1.29 is 4.79 Å². The smallest absolute Gasteiger partial charge is 0.255 e. The fourth-order valence-electron chi connectivity index (χ4n) is 2.10. The number of para-hydroxylation sites is 1. The molecule has 0 unspecified atom stereocenters. The van der Waals surface area contributed by atoms with Crippen LogP contribution in [0.25, 0.3) is 5.69 Å². The highest BCUT2D eigenvalue weighted by Crippen LogP contribution is 2.08. The van der Waals surface area contributed by atoms with Crippen LogP contribution < -0.4 is 5.56 Å². The van der Waals surface area contributed by atoms with E-state index < -0.39 is 0 Å². The molecule has 1 aromatic heterocycles. The number of hydrogen-bond donors (Lipinski definition) is 0. The Morgan fingerprint density at radius 2 is 1.70 bits per heavy atom. The molecule has 0 saturated carbocycles. The number of nitrogens with zero attached hydrogens (tertiary/aromatic N) is 2. The summed E-state index contributed by atoms with van der Waals surface area (Å²) >= 11 is 0. The van der Waals surface area contributed by atoms with Crippen LogP contribution in [0.2, 0.25) is 0 Å². The van der Waals surface area contributed by atoms with Gasteiger partial charge in [-0.25, -0.2) is 0 Å². The first-order valence-corrected chi connectivity index (χ1v) is 6.74. The van der Waals surface area contributed by atoms with Gasteiger partial charge in [0.15, 0.2) is 0 Å². The molecule has 0 spiro atoms. The molecule has 0 aliphatic rings. The summed E-state index contributed by atoms with van der Waals surface area (Å²) in [7, 11) is 0. The first kappa shape index (κ1) is 14.1. The van der Waals surface area contributed by atoms with Crippen LogP contribution in [0.4, 0.5) is 0 Å². The van der Waals surface area contributed by atoms with E-state index in [4.69, 9.17) is 0 Å². The number of amides is 1. The van der Waals surface area contributed by atoms with E-state index in [1.54, 1.807) is 17.2 Å². The van der Waals surface area contributed by atoms with Crippen molar-refractivity contribution in [3.8, 4) is 5.69 Å². The highest BCUT2D eigenvalue weighted by molar-refractivity contribution is 5.93. The predicted octanol–water partition coefficient (Wildman–Crippen LogP) is 2.32. The van der Waals surface area contributed by atoms with E-state index in [0.717, 1.165) is 5.69 Å². The summed E-state index contributed by atoms with van der Waals surface area (Å²) in [6.45, 7) is 5.18. The Hall–Kier alpha value is -2.36. The van der Waals surface area contributed by atoms with Crippen LogP contribution in [-0.4, -0.2) is 28.5 Å². The number of benzene rings is 1. The van der Waals surface area contributed by atoms with Crippen LogP contribution in [0, 0.1) is 0 Å². The lowest BCUT2D eigenvalue weighted by atomic mass is 10.2. The zero-order chi connectivity index (χ0) is 14.5. The van der Waals surface area contributed by atoms with Gasteiger partial charge in [-0.3, -0.25) is 14.2 Å². The highest BCUT2D eigenvalue weighted by Gasteiger charge is 2.13. The van der Waals surface area contributed by atoms with Crippen molar-refractivity contribution in [1.29, 1.82) is 0 Å². The van der Waals surface area contributed by atoms with Crippen molar-refractivity contribution in [3.63, 3.8) is 0 Å². The standard InChI is InChI=1S/C16H18N2O2/c1-3-17(4-2)16(20)13-10-11-15(19)18(12-13)14-8-6-5-7-9-14/h5-12H,3-4H2,1-2H3. The predicted molar refractivity (Wildman–Crippen MR) is 79.3 cm³/mol. The van der Waals surface area contributed by atoms with E-state index in [-0.39, 0.29) is 11.5 Å².